The molecule has 1 heterocycles. The van der Waals surface area contributed by atoms with Gasteiger partial charge in [0.25, 0.3) is 0 Å². The molecule has 20 heavy (non-hydrogen) atoms. The third-order valence-electron chi connectivity index (χ3n) is 4.20. The van der Waals surface area contributed by atoms with E-state index in [0.717, 1.165) is 19.6 Å². The third-order valence-corrected chi connectivity index (χ3v) is 4.20. The van der Waals surface area contributed by atoms with Gasteiger partial charge in [0.1, 0.15) is 11.6 Å². The molecule has 1 fully saturated rings. The molecule has 1 aromatic rings. The lowest BCUT2D eigenvalue weighted by Crippen LogP contribution is -2.28. The number of ether oxygens (including phenoxy) is 1. The number of methoxy groups -OCH3 is 1. The molecule has 2 atom stereocenters. The van der Waals surface area contributed by atoms with Crippen molar-refractivity contribution in [2.24, 2.45) is 5.92 Å². The molecule has 0 bridgehead atoms. The monoisotopic (exact) mass is 280 g/mol. The van der Waals surface area contributed by atoms with E-state index in [-0.39, 0.29) is 11.9 Å². The molecule has 1 N–H and O–H groups in total. The number of rotatable bonds is 6. The van der Waals surface area contributed by atoms with E-state index in [1.165, 1.54) is 19.0 Å². The zero-order valence-electron chi connectivity index (χ0n) is 12.7. The number of hydrogen-bond donors (Lipinski definition) is 1. The summed E-state index contributed by atoms with van der Waals surface area (Å²) in [5, 5.41) is 3.45. The van der Waals surface area contributed by atoms with Gasteiger partial charge in [-0.05, 0) is 51.0 Å². The van der Waals surface area contributed by atoms with Crippen LogP contribution in [0.25, 0.3) is 0 Å². The number of nitrogens with zero attached hydrogens (tertiary/aromatic N) is 1. The second kappa shape index (κ2) is 7.04. The average molecular weight is 280 g/mol. The summed E-state index contributed by atoms with van der Waals surface area (Å²) in [4.78, 5) is 2.46. The summed E-state index contributed by atoms with van der Waals surface area (Å²) in [5.41, 5.74) is 0.625. The van der Waals surface area contributed by atoms with Crippen molar-refractivity contribution in [3.63, 3.8) is 0 Å². The van der Waals surface area contributed by atoms with Crippen molar-refractivity contribution in [3.8, 4) is 5.75 Å². The van der Waals surface area contributed by atoms with Crippen LogP contribution in [0.5, 0.6) is 5.75 Å². The highest BCUT2D eigenvalue weighted by Gasteiger charge is 2.22. The van der Waals surface area contributed by atoms with Crippen LogP contribution in [0.2, 0.25) is 0 Å². The van der Waals surface area contributed by atoms with Crippen LogP contribution in [-0.2, 0) is 0 Å². The van der Waals surface area contributed by atoms with Gasteiger partial charge in [-0.1, -0.05) is 13.0 Å². The molecule has 1 saturated heterocycles. The highest BCUT2D eigenvalue weighted by atomic mass is 19.1. The summed E-state index contributed by atoms with van der Waals surface area (Å²) in [6, 6.07) is 4.94. The lowest BCUT2D eigenvalue weighted by Gasteiger charge is -2.20. The number of benzene rings is 1. The zero-order chi connectivity index (χ0) is 14.5. The van der Waals surface area contributed by atoms with E-state index in [4.69, 9.17) is 4.74 Å². The summed E-state index contributed by atoms with van der Waals surface area (Å²) in [5.74, 6) is 1.08. The molecule has 2 rings (SSSR count). The molecule has 0 aromatic heterocycles. The smallest absolute Gasteiger partial charge is 0.131 e. The summed E-state index contributed by atoms with van der Waals surface area (Å²) in [6.45, 7) is 8.56. The number of nitrogens with one attached hydrogen (secondary N) is 1. The number of hydrogen-bond acceptors (Lipinski definition) is 3. The molecule has 112 valence electrons. The molecule has 3 nitrogen and oxygen atoms in total. The van der Waals surface area contributed by atoms with E-state index in [1.54, 1.807) is 13.2 Å². The fourth-order valence-corrected chi connectivity index (χ4v) is 2.93. The number of likely N-dealkylation sites (tertiary alicyclic amines) is 1. The second-order valence-corrected chi connectivity index (χ2v) is 5.53. The normalized spacial score (nSPS) is 21.1. The van der Waals surface area contributed by atoms with Crippen molar-refractivity contribution < 1.29 is 9.13 Å². The van der Waals surface area contributed by atoms with Crippen LogP contribution >= 0.6 is 0 Å². The maximum Gasteiger partial charge on any atom is 0.131 e. The Morgan fingerprint density at radius 2 is 2.30 bits per heavy atom. The van der Waals surface area contributed by atoms with Crippen molar-refractivity contribution in [1.82, 2.24) is 10.2 Å². The molecule has 0 radical (unpaired) electrons. The van der Waals surface area contributed by atoms with Crippen molar-refractivity contribution in [2.45, 2.75) is 26.3 Å². The Labute approximate surface area is 121 Å². The first-order valence-electron chi connectivity index (χ1n) is 7.43. The zero-order valence-corrected chi connectivity index (χ0v) is 12.7. The molecule has 4 heteroatoms. The van der Waals surface area contributed by atoms with Gasteiger partial charge in [0, 0.05) is 18.2 Å². The van der Waals surface area contributed by atoms with Crippen LogP contribution < -0.4 is 10.1 Å². The lowest BCUT2D eigenvalue weighted by molar-refractivity contribution is 0.334. The Balaban J connectivity index is 1.94. The molecular weight excluding hydrogens is 255 g/mol. The lowest BCUT2D eigenvalue weighted by atomic mass is 10.0. The minimum Gasteiger partial charge on any atom is -0.496 e. The van der Waals surface area contributed by atoms with E-state index in [1.807, 2.05) is 13.0 Å². The molecule has 0 aliphatic carbocycles. The summed E-state index contributed by atoms with van der Waals surface area (Å²) in [6.07, 6.45) is 1.22. The van der Waals surface area contributed by atoms with Gasteiger partial charge in [0.05, 0.1) is 7.11 Å². The Bertz CT molecular complexity index is 438. The predicted octanol–water partition coefficient (Wildman–Crippen LogP) is 2.83. The molecule has 0 amide bonds. The van der Waals surface area contributed by atoms with Crippen LogP contribution in [0.3, 0.4) is 0 Å². The first kappa shape index (κ1) is 15.3. The van der Waals surface area contributed by atoms with Gasteiger partial charge in [0.2, 0.25) is 0 Å². The van der Waals surface area contributed by atoms with E-state index < -0.39 is 0 Å². The van der Waals surface area contributed by atoms with E-state index in [9.17, 15) is 4.39 Å². The first-order valence-corrected chi connectivity index (χ1v) is 7.43. The second-order valence-electron chi connectivity index (χ2n) is 5.53. The minimum absolute atomic E-state index is 0.0400. The highest BCUT2D eigenvalue weighted by molar-refractivity contribution is 5.36. The quantitative estimate of drug-likeness (QED) is 0.867. The Kier molecular flexibility index (Phi) is 5.38. The van der Waals surface area contributed by atoms with Crippen molar-refractivity contribution in [3.05, 3.63) is 29.6 Å². The van der Waals surface area contributed by atoms with Crippen molar-refractivity contribution >= 4 is 0 Å². The molecule has 1 aromatic carbocycles. The first-order chi connectivity index (χ1) is 9.65. The SMILES string of the molecule is CCN1CCC(CNC(C)c2c(F)cccc2OC)C1. The standard InChI is InChI=1S/C16H25FN2O/c1-4-19-9-8-13(11-19)10-18-12(2)16-14(17)6-5-7-15(16)20-3/h5-7,12-13,18H,4,8-11H2,1-3H3. The van der Waals surface area contributed by atoms with Gasteiger partial charge >= 0.3 is 0 Å². The van der Waals surface area contributed by atoms with Gasteiger partial charge in [-0.3, -0.25) is 0 Å². The molecule has 1 aliphatic rings. The molecule has 2 unspecified atom stereocenters. The fraction of sp³-hybridized carbons (Fsp3) is 0.625. The van der Waals surface area contributed by atoms with Crippen LogP contribution in [0.15, 0.2) is 18.2 Å². The van der Waals surface area contributed by atoms with Gasteiger partial charge in [0.15, 0.2) is 0 Å². The Hall–Kier alpha value is -1.13. The van der Waals surface area contributed by atoms with Crippen molar-refractivity contribution in [1.29, 1.82) is 0 Å². The third kappa shape index (κ3) is 3.49. The van der Waals surface area contributed by atoms with Crippen LogP contribution in [-0.4, -0.2) is 38.2 Å². The molecular formula is C16H25FN2O. The van der Waals surface area contributed by atoms with Gasteiger partial charge in [-0.25, -0.2) is 4.39 Å². The topological polar surface area (TPSA) is 24.5 Å². The Morgan fingerprint density at radius 3 is 2.95 bits per heavy atom. The molecule has 0 saturated carbocycles. The molecule has 1 aliphatic heterocycles. The van der Waals surface area contributed by atoms with E-state index in [2.05, 4.69) is 17.1 Å². The summed E-state index contributed by atoms with van der Waals surface area (Å²) < 4.78 is 19.2. The van der Waals surface area contributed by atoms with Gasteiger partial charge < -0.3 is 15.0 Å². The summed E-state index contributed by atoms with van der Waals surface area (Å²) in [7, 11) is 1.58. The highest BCUT2D eigenvalue weighted by Crippen LogP contribution is 2.28. The average Bonchev–Trinajstić information content (AvgIpc) is 2.92. The maximum atomic E-state index is 14.0. The van der Waals surface area contributed by atoms with Gasteiger partial charge in [-0.15, -0.1) is 0 Å². The number of halogens is 1. The fourth-order valence-electron chi connectivity index (χ4n) is 2.93. The van der Waals surface area contributed by atoms with E-state index >= 15 is 0 Å². The summed E-state index contributed by atoms with van der Waals surface area (Å²) >= 11 is 0. The van der Waals surface area contributed by atoms with Crippen LogP contribution in [0.4, 0.5) is 4.39 Å². The van der Waals surface area contributed by atoms with Crippen LogP contribution in [0, 0.1) is 11.7 Å². The van der Waals surface area contributed by atoms with Gasteiger partial charge in [-0.2, -0.15) is 0 Å². The maximum absolute atomic E-state index is 14.0. The predicted molar refractivity (Wildman–Crippen MR) is 79.6 cm³/mol. The minimum atomic E-state index is -0.203. The largest absolute Gasteiger partial charge is 0.496 e. The van der Waals surface area contributed by atoms with E-state index in [0.29, 0.717) is 17.2 Å². The molecule has 0 spiro atoms. The Morgan fingerprint density at radius 1 is 1.50 bits per heavy atom. The van der Waals surface area contributed by atoms with Crippen molar-refractivity contribution in [2.75, 3.05) is 33.3 Å². The van der Waals surface area contributed by atoms with Crippen LogP contribution in [0.1, 0.15) is 31.9 Å².